The highest BCUT2D eigenvalue weighted by Crippen LogP contribution is 2.05. The maximum Gasteiger partial charge on any atom is 0.206 e. The molecule has 0 aliphatic carbocycles. The number of hydrogen-bond acceptors (Lipinski definition) is 1. The fraction of sp³-hybridized carbons (Fsp3) is 0.714. The van der Waals surface area contributed by atoms with Crippen LogP contribution in [0.3, 0.4) is 0 Å². The van der Waals surface area contributed by atoms with E-state index in [2.05, 4.69) is 25.3 Å². The first-order valence-corrected chi connectivity index (χ1v) is 10.2. The van der Waals surface area contributed by atoms with E-state index >= 15 is 0 Å². The van der Waals surface area contributed by atoms with Crippen LogP contribution in [-0.2, 0) is 0 Å². The van der Waals surface area contributed by atoms with Crippen molar-refractivity contribution in [2.24, 2.45) is 0 Å². The maximum atomic E-state index is 9.46. The molecule has 0 aliphatic heterocycles. The lowest BCUT2D eigenvalue weighted by molar-refractivity contribution is 0.567. The SMILES string of the molecule is C[Si](C)(C)/C=C/[Si](C)(C)O. The standard InChI is InChI=1S/C7H18OSi2/c1-9(2,3)6-7-10(4,5)8/h6-8H,1-5H3/b7-6+. The third-order valence-corrected chi connectivity index (χ3v) is 3.47. The smallest absolute Gasteiger partial charge is 0.206 e. The van der Waals surface area contributed by atoms with Crippen molar-refractivity contribution in [1.29, 1.82) is 0 Å². The quantitative estimate of drug-likeness (QED) is 0.636. The Morgan fingerprint density at radius 1 is 0.900 bits per heavy atom. The van der Waals surface area contributed by atoms with Crippen LogP contribution in [-0.4, -0.2) is 21.2 Å². The van der Waals surface area contributed by atoms with Crippen molar-refractivity contribution in [3.05, 3.63) is 11.4 Å². The zero-order valence-corrected chi connectivity index (χ0v) is 9.60. The van der Waals surface area contributed by atoms with Crippen LogP contribution in [0.4, 0.5) is 0 Å². The molecule has 0 heterocycles. The van der Waals surface area contributed by atoms with Crippen LogP contribution in [0.15, 0.2) is 11.4 Å². The van der Waals surface area contributed by atoms with Crippen molar-refractivity contribution in [3.63, 3.8) is 0 Å². The Morgan fingerprint density at radius 2 is 1.30 bits per heavy atom. The summed E-state index contributed by atoms with van der Waals surface area (Å²) in [4.78, 5) is 9.46. The molecule has 0 amide bonds. The van der Waals surface area contributed by atoms with Gasteiger partial charge in [0.15, 0.2) is 0 Å². The van der Waals surface area contributed by atoms with Gasteiger partial charge in [0, 0.05) is 0 Å². The van der Waals surface area contributed by atoms with Crippen molar-refractivity contribution in [1.82, 2.24) is 0 Å². The van der Waals surface area contributed by atoms with Crippen molar-refractivity contribution in [3.8, 4) is 0 Å². The van der Waals surface area contributed by atoms with Gasteiger partial charge >= 0.3 is 0 Å². The predicted octanol–water partition coefficient (Wildman–Crippen LogP) is 2.16. The van der Waals surface area contributed by atoms with Gasteiger partial charge < -0.3 is 4.80 Å². The molecule has 0 spiro atoms. The van der Waals surface area contributed by atoms with Gasteiger partial charge in [-0.3, -0.25) is 0 Å². The van der Waals surface area contributed by atoms with Crippen molar-refractivity contribution >= 4 is 16.4 Å². The highest BCUT2D eigenvalue weighted by atomic mass is 28.4. The zero-order chi connectivity index (χ0) is 8.41. The zero-order valence-electron chi connectivity index (χ0n) is 7.60. The summed E-state index contributed by atoms with van der Waals surface area (Å²) < 4.78 is 0. The molecule has 0 aromatic heterocycles. The van der Waals surface area contributed by atoms with E-state index in [1.54, 1.807) is 0 Å². The van der Waals surface area contributed by atoms with Crippen LogP contribution in [0.5, 0.6) is 0 Å². The monoisotopic (exact) mass is 174 g/mol. The molecule has 0 fully saturated rings. The van der Waals surface area contributed by atoms with Crippen molar-refractivity contribution < 1.29 is 4.80 Å². The first kappa shape index (κ1) is 10.1. The molecular formula is C7H18OSi2. The van der Waals surface area contributed by atoms with Crippen LogP contribution in [0, 0.1) is 0 Å². The summed E-state index contributed by atoms with van der Waals surface area (Å²) in [5.74, 6) is 0. The van der Waals surface area contributed by atoms with Crippen LogP contribution in [0.1, 0.15) is 0 Å². The first-order valence-electron chi connectivity index (χ1n) is 3.63. The van der Waals surface area contributed by atoms with Crippen molar-refractivity contribution in [2.75, 3.05) is 0 Å². The molecule has 0 atom stereocenters. The van der Waals surface area contributed by atoms with Gasteiger partial charge in [0.05, 0.1) is 8.07 Å². The van der Waals surface area contributed by atoms with E-state index in [4.69, 9.17) is 0 Å². The molecule has 0 aromatic rings. The summed E-state index contributed by atoms with van der Waals surface area (Å²) >= 11 is 0. The molecule has 0 radical (unpaired) electrons. The van der Waals surface area contributed by atoms with Gasteiger partial charge in [-0.2, -0.15) is 0 Å². The lowest BCUT2D eigenvalue weighted by Gasteiger charge is -2.12. The molecule has 1 nitrogen and oxygen atoms in total. The number of hydrogen-bond donors (Lipinski definition) is 1. The summed E-state index contributed by atoms with van der Waals surface area (Å²) in [6.45, 7) is 10.7. The first-order chi connectivity index (χ1) is 4.21. The van der Waals surface area contributed by atoms with Crippen LogP contribution in [0.2, 0.25) is 32.7 Å². The molecule has 60 valence electrons. The fourth-order valence-electron chi connectivity index (χ4n) is 0.454. The molecule has 0 aromatic carbocycles. The lowest BCUT2D eigenvalue weighted by atomic mass is 11.2. The minimum Gasteiger partial charge on any atom is -0.428 e. The Labute approximate surface area is 65.9 Å². The van der Waals surface area contributed by atoms with Gasteiger partial charge in [-0.1, -0.05) is 25.3 Å². The van der Waals surface area contributed by atoms with E-state index in [1.807, 2.05) is 18.8 Å². The average molecular weight is 174 g/mol. The third kappa shape index (κ3) is 8.13. The molecule has 0 saturated carbocycles. The van der Waals surface area contributed by atoms with E-state index < -0.39 is 16.4 Å². The van der Waals surface area contributed by atoms with Gasteiger partial charge in [-0.25, -0.2) is 0 Å². The average Bonchev–Trinajstić information content (AvgIpc) is 1.57. The molecular weight excluding hydrogens is 156 g/mol. The van der Waals surface area contributed by atoms with Gasteiger partial charge in [-0.15, -0.1) is 5.70 Å². The molecule has 1 N–H and O–H groups in total. The second-order valence-electron chi connectivity index (χ2n) is 4.35. The Morgan fingerprint density at radius 3 is 1.40 bits per heavy atom. The minimum atomic E-state index is -1.91. The van der Waals surface area contributed by atoms with Crippen LogP contribution >= 0.6 is 0 Å². The third-order valence-electron chi connectivity index (χ3n) is 0.991. The topological polar surface area (TPSA) is 20.2 Å². The van der Waals surface area contributed by atoms with Crippen LogP contribution in [0.25, 0.3) is 0 Å². The Bertz CT molecular complexity index is 112. The molecule has 0 aliphatic rings. The molecule has 0 bridgehead atoms. The Balaban J connectivity index is 4.01. The largest absolute Gasteiger partial charge is 0.428 e. The van der Waals surface area contributed by atoms with E-state index in [0.717, 1.165) is 0 Å². The van der Waals surface area contributed by atoms with Crippen LogP contribution < -0.4 is 0 Å². The summed E-state index contributed by atoms with van der Waals surface area (Å²) in [5.41, 5.74) is 4.25. The Kier molecular flexibility index (Phi) is 3.07. The van der Waals surface area contributed by atoms with Gasteiger partial charge in [0.2, 0.25) is 8.32 Å². The fourth-order valence-corrected chi connectivity index (χ4v) is 4.09. The predicted molar refractivity (Wildman–Crippen MR) is 52.2 cm³/mol. The lowest BCUT2D eigenvalue weighted by Crippen LogP contribution is -2.25. The number of rotatable bonds is 2. The summed E-state index contributed by atoms with van der Waals surface area (Å²) in [5, 5.41) is 0. The summed E-state index contributed by atoms with van der Waals surface area (Å²) in [7, 11) is -2.99. The molecule has 10 heavy (non-hydrogen) atoms. The van der Waals surface area contributed by atoms with Gasteiger partial charge in [0.1, 0.15) is 0 Å². The van der Waals surface area contributed by atoms with Gasteiger partial charge in [0.25, 0.3) is 0 Å². The molecule has 0 unspecified atom stereocenters. The van der Waals surface area contributed by atoms with Gasteiger partial charge in [-0.05, 0) is 13.1 Å². The molecule has 0 saturated heterocycles. The minimum absolute atomic E-state index is 1.07. The highest BCUT2D eigenvalue weighted by Gasteiger charge is 2.14. The molecule has 3 heteroatoms. The Hall–Kier alpha value is 0.134. The summed E-state index contributed by atoms with van der Waals surface area (Å²) in [6, 6.07) is 0. The second-order valence-corrected chi connectivity index (χ2v) is 13.1. The second kappa shape index (κ2) is 3.02. The normalized spacial score (nSPS) is 14.6. The van der Waals surface area contributed by atoms with Crippen molar-refractivity contribution in [2.45, 2.75) is 32.7 Å². The highest BCUT2D eigenvalue weighted by molar-refractivity contribution is 6.84. The van der Waals surface area contributed by atoms with E-state index in [9.17, 15) is 4.80 Å². The molecule has 0 rings (SSSR count). The summed E-state index contributed by atoms with van der Waals surface area (Å²) in [6.07, 6.45) is 0. The maximum absolute atomic E-state index is 9.46. The van der Waals surface area contributed by atoms with E-state index in [-0.39, 0.29) is 0 Å². The van der Waals surface area contributed by atoms with E-state index in [0.29, 0.717) is 0 Å². The van der Waals surface area contributed by atoms with E-state index in [1.165, 1.54) is 0 Å².